The van der Waals surface area contributed by atoms with E-state index in [2.05, 4.69) is 50.3 Å². The molecule has 0 saturated heterocycles. The fraction of sp³-hybridized carbons (Fsp3) is 0.692. The number of rotatable bonds is 9. The Kier molecular flexibility index (Phi) is 8.30. The lowest BCUT2D eigenvalue weighted by molar-refractivity contribution is 0.211. The largest absolute Gasteiger partial charge is 0.494 e. The second kappa shape index (κ2) is 10.9. The quantitative estimate of drug-likeness (QED) is 0.402. The number of hydrogen-bond acceptors (Lipinski definition) is 1. The van der Waals surface area contributed by atoms with Gasteiger partial charge in [-0.25, -0.2) is 0 Å². The van der Waals surface area contributed by atoms with Crippen molar-refractivity contribution in [2.24, 2.45) is 17.8 Å². The number of hydrogen-bond donors (Lipinski definition) is 0. The summed E-state index contributed by atoms with van der Waals surface area (Å²) in [7, 11) is 0. The molecule has 0 bridgehead atoms. The molecule has 1 fully saturated rings. The van der Waals surface area contributed by atoms with E-state index in [1.165, 1.54) is 64.2 Å². The summed E-state index contributed by atoms with van der Waals surface area (Å²) in [5.41, 5.74) is 1.56. The fourth-order valence-corrected chi connectivity index (χ4v) is 5.35. The molecule has 150 valence electrons. The Hall–Kier alpha value is -1.24. The topological polar surface area (TPSA) is 9.23 Å². The highest BCUT2D eigenvalue weighted by atomic mass is 16.5. The first-order valence-electron chi connectivity index (χ1n) is 11.7. The van der Waals surface area contributed by atoms with Gasteiger partial charge in [0.2, 0.25) is 0 Å². The Morgan fingerprint density at radius 1 is 0.889 bits per heavy atom. The van der Waals surface area contributed by atoms with Crippen molar-refractivity contribution >= 4 is 0 Å². The second-order valence-electron chi connectivity index (χ2n) is 8.98. The molecule has 1 aromatic carbocycles. The van der Waals surface area contributed by atoms with Gasteiger partial charge in [0, 0.05) is 0 Å². The molecule has 0 amide bonds. The van der Waals surface area contributed by atoms with Crippen molar-refractivity contribution in [3.8, 4) is 5.75 Å². The van der Waals surface area contributed by atoms with Gasteiger partial charge in [0.25, 0.3) is 0 Å². The summed E-state index contributed by atoms with van der Waals surface area (Å²) in [5.74, 6) is 4.53. The average molecular weight is 369 g/mol. The minimum absolute atomic E-state index is 0.740. The maximum atomic E-state index is 5.82. The molecule has 2 aliphatic carbocycles. The zero-order valence-corrected chi connectivity index (χ0v) is 17.7. The molecule has 1 nitrogen and oxygen atoms in total. The maximum Gasteiger partial charge on any atom is 0.119 e. The van der Waals surface area contributed by atoms with Crippen molar-refractivity contribution < 1.29 is 4.74 Å². The van der Waals surface area contributed by atoms with Gasteiger partial charge in [0.15, 0.2) is 0 Å². The van der Waals surface area contributed by atoms with Gasteiger partial charge in [-0.15, -0.1) is 0 Å². The van der Waals surface area contributed by atoms with Gasteiger partial charge in [-0.3, -0.25) is 0 Å². The third-order valence-corrected chi connectivity index (χ3v) is 6.90. The molecule has 1 aromatic rings. The Morgan fingerprint density at radius 3 is 2.30 bits per heavy atom. The van der Waals surface area contributed by atoms with Crippen LogP contribution in [0.3, 0.4) is 0 Å². The second-order valence-corrected chi connectivity index (χ2v) is 8.98. The van der Waals surface area contributed by atoms with Crippen LogP contribution in [0.25, 0.3) is 0 Å². The third kappa shape index (κ3) is 6.13. The Balaban J connectivity index is 1.68. The molecule has 1 heteroatoms. The highest BCUT2D eigenvalue weighted by Gasteiger charge is 2.30. The predicted molar refractivity (Wildman–Crippen MR) is 116 cm³/mol. The van der Waals surface area contributed by atoms with Gasteiger partial charge in [-0.05, 0) is 86.3 Å². The lowest BCUT2D eigenvalue weighted by Gasteiger charge is -2.36. The Labute approximate surface area is 167 Å². The van der Waals surface area contributed by atoms with E-state index in [0.717, 1.165) is 42.4 Å². The molecule has 0 spiro atoms. The summed E-state index contributed by atoms with van der Waals surface area (Å²) in [5, 5.41) is 0. The van der Waals surface area contributed by atoms with E-state index in [1.807, 2.05) is 0 Å². The van der Waals surface area contributed by atoms with Crippen LogP contribution < -0.4 is 4.74 Å². The molecular formula is C26H40O. The average Bonchev–Trinajstić information content (AvgIpc) is 2.73. The molecule has 0 heterocycles. The smallest absolute Gasteiger partial charge is 0.119 e. The van der Waals surface area contributed by atoms with Crippen molar-refractivity contribution in [3.63, 3.8) is 0 Å². The third-order valence-electron chi connectivity index (χ3n) is 6.90. The molecule has 3 rings (SSSR count). The summed E-state index contributed by atoms with van der Waals surface area (Å²) >= 11 is 0. The Morgan fingerprint density at radius 2 is 1.67 bits per heavy atom. The van der Waals surface area contributed by atoms with Gasteiger partial charge in [-0.2, -0.15) is 0 Å². The monoisotopic (exact) mass is 368 g/mol. The summed E-state index contributed by atoms with van der Waals surface area (Å²) in [6.45, 7) is 5.32. The number of allylic oxidation sites excluding steroid dienone is 2. The molecule has 1 saturated carbocycles. The lowest BCUT2D eigenvalue weighted by atomic mass is 9.69. The molecule has 27 heavy (non-hydrogen) atoms. The van der Waals surface area contributed by atoms with Crippen LogP contribution in [0.5, 0.6) is 5.75 Å². The molecule has 2 aliphatic rings. The van der Waals surface area contributed by atoms with Gasteiger partial charge >= 0.3 is 0 Å². The van der Waals surface area contributed by atoms with Gasteiger partial charge < -0.3 is 4.74 Å². The number of ether oxygens (including phenoxy) is 1. The van der Waals surface area contributed by atoms with Crippen molar-refractivity contribution in [1.82, 2.24) is 0 Å². The molecule has 2 unspecified atom stereocenters. The van der Waals surface area contributed by atoms with Crippen molar-refractivity contribution in [2.75, 3.05) is 6.61 Å². The van der Waals surface area contributed by atoms with Crippen LogP contribution in [-0.4, -0.2) is 6.61 Å². The van der Waals surface area contributed by atoms with Crippen LogP contribution in [-0.2, 0) is 0 Å². The first kappa shape index (κ1) is 20.5. The molecule has 0 aromatic heterocycles. The van der Waals surface area contributed by atoms with Crippen LogP contribution >= 0.6 is 0 Å². The van der Waals surface area contributed by atoms with Crippen LogP contribution in [0.15, 0.2) is 36.4 Å². The minimum atomic E-state index is 0.740. The van der Waals surface area contributed by atoms with Crippen LogP contribution in [0.2, 0.25) is 0 Å². The van der Waals surface area contributed by atoms with E-state index < -0.39 is 0 Å². The van der Waals surface area contributed by atoms with Crippen LogP contribution in [0.4, 0.5) is 0 Å². The van der Waals surface area contributed by atoms with Gasteiger partial charge in [0.1, 0.15) is 5.75 Å². The summed E-state index contributed by atoms with van der Waals surface area (Å²) < 4.78 is 5.82. The van der Waals surface area contributed by atoms with Crippen LogP contribution in [0, 0.1) is 17.8 Å². The van der Waals surface area contributed by atoms with Crippen molar-refractivity contribution in [3.05, 3.63) is 42.0 Å². The summed E-state index contributed by atoms with van der Waals surface area (Å²) in [6, 6.07) is 9.15. The van der Waals surface area contributed by atoms with Gasteiger partial charge in [-0.1, -0.05) is 63.8 Å². The van der Waals surface area contributed by atoms with Crippen molar-refractivity contribution in [1.29, 1.82) is 0 Å². The molecule has 0 N–H and O–H groups in total. The van der Waals surface area contributed by atoms with Gasteiger partial charge in [0.05, 0.1) is 6.61 Å². The molecule has 0 aliphatic heterocycles. The summed E-state index contributed by atoms with van der Waals surface area (Å²) in [6.07, 6.45) is 19.8. The van der Waals surface area contributed by atoms with E-state index >= 15 is 0 Å². The molecular weight excluding hydrogens is 328 g/mol. The summed E-state index contributed by atoms with van der Waals surface area (Å²) in [4.78, 5) is 0. The lowest BCUT2D eigenvalue weighted by Crippen LogP contribution is -2.23. The highest BCUT2D eigenvalue weighted by molar-refractivity contribution is 5.30. The SMILES string of the molecule is CCCOc1ccc(C(CC2CC=CCC2)C2CCC(CCC)CC2)cc1. The van der Waals surface area contributed by atoms with Crippen LogP contribution in [0.1, 0.15) is 96.0 Å². The number of benzene rings is 1. The normalized spacial score (nSPS) is 26.7. The minimum Gasteiger partial charge on any atom is -0.494 e. The predicted octanol–water partition coefficient (Wildman–Crippen LogP) is 7.91. The van der Waals surface area contributed by atoms with E-state index in [4.69, 9.17) is 4.74 Å². The fourth-order valence-electron chi connectivity index (χ4n) is 5.35. The highest BCUT2D eigenvalue weighted by Crippen LogP contribution is 2.44. The molecule has 0 radical (unpaired) electrons. The first-order chi connectivity index (χ1) is 13.3. The first-order valence-corrected chi connectivity index (χ1v) is 11.7. The zero-order chi connectivity index (χ0) is 18.9. The van der Waals surface area contributed by atoms with E-state index in [-0.39, 0.29) is 0 Å². The van der Waals surface area contributed by atoms with E-state index in [9.17, 15) is 0 Å². The Bertz CT molecular complexity index is 550. The maximum absolute atomic E-state index is 5.82. The van der Waals surface area contributed by atoms with E-state index in [1.54, 1.807) is 5.56 Å². The molecule has 2 atom stereocenters. The van der Waals surface area contributed by atoms with Crippen molar-refractivity contribution in [2.45, 2.75) is 90.4 Å². The zero-order valence-electron chi connectivity index (χ0n) is 17.7. The standard InChI is InChI=1S/C26H40O/c1-3-8-21-11-13-23(14-12-21)26(20-22-9-6-5-7-10-22)24-15-17-25(18-16-24)27-19-4-2/h5-6,15-18,21-23,26H,3-4,7-14,19-20H2,1-2H3. The van der Waals surface area contributed by atoms with E-state index in [0.29, 0.717) is 0 Å².